The fourth-order valence-electron chi connectivity index (χ4n) is 2.94. The summed E-state index contributed by atoms with van der Waals surface area (Å²) in [6.07, 6.45) is 2.52. The van der Waals surface area contributed by atoms with Gasteiger partial charge in [-0.05, 0) is 18.9 Å². The number of halogens is 1. The Morgan fingerprint density at radius 2 is 2.21 bits per heavy atom. The fourth-order valence-corrected chi connectivity index (χ4v) is 2.94. The monoisotopic (exact) mass is 333 g/mol. The number of amides is 1. The minimum atomic E-state index is -1.48. The van der Waals surface area contributed by atoms with Crippen LogP contribution in [0, 0.1) is 5.82 Å². The minimum Gasteiger partial charge on any atom is -0.379 e. The molecule has 0 aliphatic carbocycles. The van der Waals surface area contributed by atoms with Crippen LogP contribution in [0.4, 0.5) is 4.39 Å². The van der Waals surface area contributed by atoms with Crippen LogP contribution in [0.25, 0.3) is 0 Å². The molecule has 1 saturated heterocycles. The van der Waals surface area contributed by atoms with Crippen molar-refractivity contribution >= 4 is 5.91 Å². The Balaban J connectivity index is 1.62. The molecule has 1 unspecified atom stereocenters. The van der Waals surface area contributed by atoms with E-state index in [-0.39, 0.29) is 24.8 Å². The molecule has 24 heavy (non-hydrogen) atoms. The van der Waals surface area contributed by atoms with Gasteiger partial charge in [0.2, 0.25) is 0 Å². The zero-order valence-corrected chi connectivity index (χ0v) is 13.2. The zero-order valence-electron chi connectivity index (χ0n) is 13.2. The molecule has 2 aromatic rings. The lowest BCUT2D eigenvalue weighted by Crippen LogP contribution is -2.57. The van der Waals surface area contributed by atoms with Crippen LogP contribution in [-0.4, -0.2) is 39.8 Å². The van der Waals surface area contributed by atoms with Crippen LogP contribution in [0.15, 0.2) is 41.1 Å². The van der Waals surface area contributed by atoms with Crippen LogP contribution < -0.4 is 5.32 Å². The molecule has 0 saturated carbocycles. The van der Waals surface area contributed by atoms with E-state index in [9.17, 15) is 14.3 Å². The Morgan fingerprint density at radius 1 is 1.38 bits per heavy atom. The normalized spacial score (nSPS) is 21.2. The molecule has 0 bridgehead atoms. The van der Waals surface area contributed by atoms with Gasteiger partial charge in [-0.3, -0.25) is 4.79 Å². The summed E-state index contributed by atoms with van der Waals surface area (Å²) in [5.74, 6) is -0.715. The molecule has 0 radical (unpaired) electrons. The number of carbonyl (C=O) groups excluding carboxylic acids is 1. The third-order valence-corrected chi connectivity index (χ3v) is 4.24. The van der Waals surface area contributed by atoms with E-state index in [1.807, 2.05) is 0 Å². The molecule has 1 aromatic carbocycles. The third kappa shape index (κ3) is 3.63. The molecule has 1 atom stereocenters. The van der Waals surface area contributed by atoms with Gasteiger partial charge in [0.15, 0.2) is 5.60 Å². The molecule has 7 heteroatoms. The van der Waals surface area contributed by atoms with Crippen molar-refractivity contribution in [1.29, 1.82) is 0 Å². The molecule has 1 aliphatic rings. The van der Waals surface area contributed by atoms with Crippen molar-refractivity contribution in [2.24, 2.45) is 0 Å². The third-order valence-electron chi connectivity index (χ3n) is 4.24. The van der Waals surface area contributed by atoms with Gasteiger partial charge in [0.1, 0.15) is 12.1 Å². The molecule has 6 nitrogen and oxygen atoms in total. The van der Waals surface area contributed by atoms with Crippen molar-refractivity contribution in [2.75, 3.05) is 13.1 Å². The highest BCUT2D eigenvalue weighted by molar-refractivity contribution is 5.86. The number of nitrogens with zero attached hydrogens (tertiary/aromatic N) is 2. The molecule has 128 valence electrons. The molecule has 1 aliphatic heterocycles. The van der Waals surface area contributed by atoms with Crippen LogP contribution in [0.3, 0.4) is 0 Å². The second kappa shape index (κ2) is 7.11. The summed E-state index contributed by atoms with van der Waals surface area (Å²) >= 11 is 0. The number of benzene rings is 1. The van der Waals surface area contributed by atoms with Gasteiger partial charge in [-0.25, -0.2) is 4.39 Å². The number of aliphatic hydroxyl groups is 1. The molecule has 0 spiro atoms. The van der Waals surface area contributed by atoms with Gasteiger partial charge in [0, 0.05) is 37.8 Å². The number of carbonyl (C=O) groups is 1. The Hall–Kier alpha value is -2.25. The van der Waals surface area contributed by atoms with Gasteiger partial charge in [-0.2, -0.15) is 0 Å². The van der Waals surface area contributed by atoms with Crippen LogP contribution in [-0.2, 0) is 17.9 Å². The maximum Gasteiger partial charge on any atom is 0.256 e. The topological polar surface area (TPSA) is 78.6 Å². The first kappa shape index (κ1) is 16.6. The molecular weight excluding hydrogens is 313 g/mol. The number of nitrogens with one attached hydrogen (secondary N) is 1. The van der Waals surface area contributed by atoms with Gasteiger partial charge in [0.05, 0.1) is 5.69 Å². The van der Waals surface area contributed by atoms with Crippen molar-refractivity contribution in [2.45, 2.75) is 31.5 Å². The van der Waals surface area contributed by atoms with Gasteiger partial charge in [0.25, 0.3) is 5.91 Å². The smallest absolute Gasteiger partial charge is 0.256 e. The quantitative estimate of drug-likeness (QED) is 0.837. The van der Waals surface area contributed by atoms with Crippen LogP contribution in [0.2, 0.25) is 0 Å². The van der Waals surface area contributed by atoms with E-state index < -0.39 is 5.60 Å². The zero-order chi connectivity index (χ0) is 17.0. The second-order valence-electron chi connectivity index (χ2n) is 6.05. The number of hydrogen-bond donors (Lipinski definition) is 2. The Labute approximate surface area is 139 Å². The summed E-state index contributed by atoms with van der Waals surface area (Å²) < 4.78 is 18.5. The number of hydrogen-bond acceptors (Lipinski definition) is 5. The summed E-state index contributed by atoms with van der Waals surface area (Å²) in [6.45, 7) is 1.20. The van der Waals surface area contributed by atoms with Gasteiger partial charge >= 0.3 is 0 Å². The van der Waals surface area contributed by atoms with Crippen LogP contribution in [0.1, 0.15) is 24.1 Å². The standard InChI is InChI=1S/C17H20FN3O3/c18-15-5-2-1-4-13(15)11-21-8-3-7-17(23,16(21)22)12-19-10-14-6-9-24-20-14/h1-2,4-6,9,19,23H,3,7-8,10-12H2. The largest absolute Gasteiger partial charge is 0.379 e. The van der Waals surface area contributed by atoms with E-state index in [1.165, 1.54) is 17.2 Å². The Bertz CT molecular complexity index is 692. The fraction of sp³-hybridized carbons (Fsp3) is 0.412. The summed E-state index contributed by atoms with van der Waals surface area (Å²) in [5, 5.41) is 17.5. The Kier molecular flexibility index (Phi) is 4.92. The van der Waals surface area contributed by atoms with E-state index >= 15 is 0 Å². The predicted molar refractivity (Wildman–Crippen MR) is 84.2 cm³/mol. The van der Waals surface area contributed by atoms with Crippen molar-refractivity contribution < 1.29 is 18.8 Å². The number of likely N-dealkylation sites (tertiary alicyclic amines) is 1. The van der Waals surface area contributed by atoms with Crippen LogP contribution >= 0.6 is 0 Å². The lowest BCUT2D eigenvalue weighted by atomic mass is 9.91. The minimum absolute atomic E-state index is 0.118. The predicted octanol–water partition coefficient (Wildman–Crippen LogP) is 1.46. The van der Waals surface area contributed by atoms with Gasteiger partial charge in [-0.1, -0.05) is 23.4 Å². The molecule has 1 amide bonds. The first-order chi connectivity index (χ1) is 11.6. The van der Waals surface area contributed by atoms with E-state index in [1.54, 1.807) is 24.3 Å². The summed E-state index contributed by atoms with van der Waals surface area (Å²) in [5.41, 5.74) is -0.330. The summed E-state index contributed by atoms with van der Waals surface area (Å²) in [7, 11) is 0. The highest BCUT2D eigenvalue weighted by atomic mass is 19.1. The molecular formula is C17H20FN3O3. The second-order valence-corrected chi connectivity index (χ2v) is 6.05. The maximum absolute atomic E-state index is 13.8. The van der Waals surface area contributed by atoms with Crippen molar-refractivity contribution in [3.05, 3.63) is 53.7 Å². The van der Waals surface area contributed by atoms with Crippen LogP contribution in [0.5, 0.6) is 0 Å². The van der Waals surface area contributed by atoms with Gasteiger partial charge < -0.3 is 19.8 Å². The molecule has 2 heterocycles. The lowest BCUT2D eigenvalue weighted by Gasteiger charge is -2.38. The number of rotatable bonds is 6. The van der Waals surface area contributed by atoms with Crippen molar-refractivity contribution in [3.8, 4) is 0 Å². The van der Waals surface area contributed by atoms with Crippen molar-refractivity contribution in [1.82, 2.24) is 15.4 Å². The first-order valence-electron chi connectivity index (χ1n) is 7.94. The van der Waals surface area contributed by atoms with E-state index in [0.717, 1.165) is 0 Å². The van der Waals surface area contributed by atoms with Gasteiger partial charge in [-0.15, -0.1) is 0 Å². The molecule has 3 rings (SSSR count). The highest BCUT2D eigenvalue weighted by Gasteiger charge is 2.41. The average molecular weight is 333 g/mol. The first-order valence-corrected chi connectivity index (χ1v) is 7.94. The maximum atomic E-state index is 13.8. The molecule has 1 fully saturated rings. The highest BCUT2D eigenvalue weighted by Crippen LogP contribution is 2.24. The summed E-state index contributed by atoms with van der Waals surface area (Å²) in [6, 6.07) is 8.08. The molecule has 1 aromatic heterocycles. The Morgan fingerprint density at radius 3 is 2.96 bits per heavy atom. The number of aromatic nitrogens is 1. The SMILES string of the molecule is O=C1N(Cc2ccccc2F)CCCC1(O)CNCc1ccon1. The van der Waals surface area contributed by atoms with E-state index in [2.05, 4.69) is 10.5 Å². The summed E-state index contributed by atoms with van der Waals surface area (Å²) in [4.78, 5) is 14.1. The molecule has 2 N–H and O–H groups in total. The van der Waals surface area contributed by atoms with E-state index in [0.29, 0.717) is 37.2 Å². The number of piperidine rings is 1. The van der Waals surface area contributed by atoms with E-state index in [4.69, 9.17) is 4.52 Å². The average Bonchev–Trinajstić information content (AvgIpc) is 3.07. The lowest BCUT2D eigenvalue weighted by molar-refractivity contribution is -0.157. The van der Waals surface area contributed by atoms with Crippen molar-refractivity contribution in [3.63, 3.8) is 0 Å².